The lowest BCUT2D eigenvalue weighted by molar-refractivity contribution is 0.196. The first-order valence-corrected chi connectivity index (χ1v) is 16.3. The van der Waals surface area contributed by atoms with Gasteiger partial charge in [0.1, 0.15) is 5.75 Å². The highest BCUT2D eigenvalue weighted by molar-refractivity contribution is 7.53. The Morgan fingerprint density at radius 2 is 1.03 bits per heavy atom. The van der Waals surface area contributed by atoms with Crippen molar-refractivity contribution >= 4 is 7.60 Å². The van der Waals surface area contributed by atoms with Crippen molar-refractivity contribution < 1.29 is 18.7 Å². The van der Waals surface area contributed by atoms with Crippen molar-refractivity contribution in [3.63, 3.8) is 0 Å². The van der Waals surface area contributed by atoms with Crippen molar-refractivity contribution in [2.75, 3.05) is 13.2 Å². The lowest BCUT2D eigenvalue weighted by atomic mass is 9.78. The van der Waals surface area contributed by atoms with Gasteiger partial charge in [-0.3, -0.25) is 4.57 Å². The molecule has 0 aliphatic rings. The second kappa shape index (κ2) is 16.2. The number of aromatic hydroxyl groups is 1. The molecule has 0 aliphatic heterocycles. The molecule has 1 rings (SSSR count). The largest absolute Gasteiger partial charge is 0.507 e. The highest BCUT2D eigenvalue weighted by atomic mass is 31.2. The summed E-state index contributed by atoms with van der Waals surface area (Å²) in [4.78, 5) is 0. The highest BCUT2D eigenvalue weighted by Crippen LogP contribution is 2.53. The molecule has 1 N–H and O–H groups in total. The minimum Gasteiger partial charge on any atom is -0.507 e. The van der Waals surface area contributed by atoms with Gasteiger partial charge in [-0.25, -0.2) is 0 Å². The Kier molecular flexibility index (Phi) is 14.9. The summed E-state index contributed by atoms with van der Waals surface area (Å²) in [7, 11) is -3.30. The Hall–Kier alpha value is -0.830. The van der Waals surface area contributed by atoms with E-state index >= 15 is 0 Å². The van der Waals surface area contributed by atoms with Crippen LogP contribution < -0.4 is 0 Å². The van der Waals surface area contributed by atoms with Crippen LogP contribution in [0.4, 0.5) is 0 Å². The number of rotatable bonds is 18. The van der Waals surface area contributed by atoms with Gasteiger partial charge in [-0.2, -0.15) is 0 Å². The van der Waals surface area contributed by atoms with E-state index < -0.39 is 7.60 Å². The van der Waals surface area contributed by atoms with Gasteiger partial charge in [-0.1, -0.05) is 132 Å². The summed E-state index contributed by atoms with van der Waals surface area (Å²) in [6.45, 7) is 18.0. The van der Waals surface area contributed by atoms with E-state index in [9.17, 15) is 9.67 Å². The van der Waals surface area contributed by atoms with Crippen molar-refractivity contribution in [2.24, 2.45) is 0 Å². The normalized spacial score (nSPS) is 12.9. The first-order chi connectivity index (χ1) is 16.8. The van der Waals surface area contributed by atoms with Crippen LogP contribution in [0, 0.1) is 0 Å². The summed E-state index contributed by atoms with van der Waals surface area (Å²) in [5.74, 6) is 0.342. The Morgan fingerprint density at radius 1 is 0.667 bits per heavy atom. The van der Waals surface area contributed by atoms with Gasteiger partial charge in [0.25, 0.3) is 0 Å². The maximum Gasteiger partial charge on any atom is 0.335 e. The molecule has 0 aromatic heterocycles. The minimum atomic E-state index is -3.30. The first kappa shape index (κ1) is 33.2. The standard InChI is InChI=1S/C31H57O4P/c1-9-11-13-15-17-19-21-34-36(33,35-22-20-18-16-14-12-10-2)25-26-23-27(30(3,4)5)29(32)28(24-26)31(6,7)8/h23-24,32H,9-22,25H2,1-8H3. The Bertz CT molecular complexity index is 732. The number of benzene rings is 1. The average molecular weight is 525 g/mol. The van der Waals surface area contributed by atoms with E-state index in [0.717, 1.165) is 42.4 Å². The maximum atomic E-state index is 14.0. The van der Waals surface area contributed by atoms with Crippen molar-refractivity contribution in [1.29, 1.82) is 0 Å². The van der Waals surface area contributed by atoms with Crippen LogP contribution in [0.3, 0.4) is 0 Å². The smallest absolute Gasteiger partial charge is 0.335 e. The van der Waals surface area contributed by atoms with Crippen LogP contribution >= 0.6 is 7.60 Å². The number of hydrogen-bond acceptors (Lipinski definition) is 4. The lowest BCUT2D eigenvalue weighted by Gasteiger charge is -2.29. The molecule has 0 aliphatic carbocycles. The quantitative estimate of drug-likeness (QED) is 0.153. The third-order valence-electron chi connectivity index (χ3n) is 6.73. The predicted molar refractivity (Wildman–Crippen MR) is 155 cm³/mol. The van der Waals surface area contributed by atoms with Gasteiger partial charge >= 0.3 is 7.60 Å². The molecule has 36 heavy (non-hydrogen) atoms. The first-order valence-electron chi connectivity index (χ1n) is 14.6. The molecule has 0 atom stereocenters. The average Bonchev–Trinajstić information content (AvgIpc) is 2.77. The molecule has 0 fully saturated rings. The minimum absolute atomic E-state index is 0.233. The monoisotopic (exact) mass is 524 g/mol. The van der Waals surface area contributed by atoms with Gasteiger partial charge in [0.2, 0.25) is 0 Å². The van der Waals surface area contributed by atoms with Gasteiger partial charge in [0.15, 0.2) is 0 Å². The Balaban J connectivity index is 3.00. The van der Waals surface area contributed by atoms with E-state index in [1.54, 1.807) is 0 Å². The zero-order chi connectivity index (χ0) is 27.2. The molecule has 4 nitrogen and oxygen atoms in total. The molecule has 0 bridgehead atoms. The highest BCUT2D eigenvalue weighted by Gasteiger charge is 2.30. The van der Waals surface area contributed by atoms with Gasteiger partial charge in [-0.15, -0.1) is 0 Å². The van der Waals surface area contributed by atoms with E-state index in [-0.39, 0.29) is 17.0 Å². The molecule has 0 saturated carbocycles. The van der Waals surface area contributed by atoms with E-state index in [0.29, 0.717) is 19.0 Å². The number of unbranched alkanes of at least 4 members (excludes halogenated alkanes) is 10. The zero-order valence-corrected chi connectivity index (χ0v) is 25.8. The van der Waals surface area contributed by atoms with Crippen LogP contribution in [-0.4, -0.2) is 18.3 Å². The maximum absolute atomic E-state index is 14.0. The topological polar surface area (TPSA) is 55.8 Å². The molecule has 5 heteroatoms. The summed E-state index contributed by atoms with van der Waals surface area (Å²) >= 11 is 0. The number of hydrogen-bond donors (Lipinski definition) is 1. The summed E-state index contributed by atoms with van der Waals surface area (Å²) in [5.41, 5.74) is 2.20. The summed E-state index contributed by atoms with van der Waals surface area (Å²) in [6.07, 6.45) is 14.2. The second-order valence-electron chi connectivity index (χ2n) is 12.5. The van der Waals surface area contributed by atoms with Crippen molar-refractivity contribution in [3.8, 4) is 5.75 Å². The molecular weight excluding hydrogens is 467 g/mol. The fourth-order valence-corrected chi connectivity index (χ4v) is 6.15. The molecule has 0 heterocycles. The number of phenols is 1. The third-order valence-corrected chi connectivity index (χ3v) is 8.64. The summed E-state index contributed by atoms with van der Waals surface area (Å²) in [6, 6.07) is 4.00. The third kappa shape index (κ3) is 12.6. The van der Waals surface area contributed by atoms with Crippen molar-refractivity contribution in [2.45, 2.75) is 149 Å². The van der Waals surface area contributed by atoms with Crippen LogP contribution in [0.1, 0.15) is 149 Å². The van der Waals surface area contributed by atoms with Crippen LogP contribution in [-0.2, 0) is 30.6 Å². The fraction of sp³-hybridized carbons (Fsp3) is 0.806. The van der Waals surface area contributed by atoms with E-state index in [1.807, 2.05) is 12.1 Å². The molecular formula is C31H57O4P. The van der Waals surface area contributed by atoms with E-state index in [1.165, 1.54) is 51.4 Å². The van der Waals surface area contributed by atoms with Crippen LogP contribution in [0.25, 0.3) is 0 Å². The molecule has 0 unspecified atom stereocenters. The molecule has 1 aromatic carbocycles. The van der Waals surface area contributed by atoms with E-state index in [4.69, 9.17) is 9.05 Å². The Morgan fingerprint density at radius 3 is 1.39 bits per heavy atom. The molecule has 0 spiro atoms. The molecule has 210 valence electrons. The predicted octanol–water partition coefficient (Wildman–Crippen LogP) is 10.4. The van der Waals surface area contributed by atoms with Gasteiger partial charge in [0.05, 0.1) is 19.4 Å². The van der Waals surface area contributed by atoms with Crippen LogP contribution in [0.15, 0.2) is 12.1 Å². The summed E-state index contributed by atoms with van der Waals surface area (Å²) < 4.78 is 26.0. The van der Waals surface area contributed by atoms with Crippen molar-refractivity contribution in [1.82, 2.24) is 0 Å². The van der Waals surface area contributed by atoms with Gasteiger partial charge in [0, 0.05) is 0 Å². The number of phenolic OH excluding ortho intramolecular Hbond substituents is 1. The molecule has 0 radical (unpaired) electrons. The van der Waals surface area contributed by atoms with Gasteiger partial charge < -0.3 is 14.2 Å². The molecule has 1 aromatic rings. The van der Waals surface area contributed by atoms with Crippen molar-refractivity contribution in [3.05, 3.63) is 28.8 Å². The fourth-order valence-electron chi connectivity index (χ4n) is 4.45. The van der Waals surface area contributed by atoms with Crippen LogP contribution in [0.5, 0.6) is 5.75 Å². The zero-order valence-electron chi connectivity index (χ0n) is 24.9. The molecule has 0 amide bonds. The summed E-state index contributed by atoms with van der Waals surface area (Å²) in [5, 5.41) is 11.1. The Labute approximate surface area is 223 Å². The van der Waals surface area contributed by atoms with Gasteiger partial charge in [-0.05, 0) is 40.4 Å². The lowest BCUT2D eigenvalue weighted by Crippen LogP contribution is -2.18. The second-order valence-corrected chi connectivity index (χ2v) is 14.6. The van der Waals surface area contributed by atoms with E-state index in [2.05, 4.69) is 55.4 Å². The molecule has 0 saturated heterocycles. The van der Waals surface area contributed by atoms with Crippen LogP contribution in [0.2, 0.25) is 0 Å². The SMILES string of the molecule is CCCCCCCCOP(=O)(Cc1cc(C(C)(C)C)c(O)c(C(C)(C)C)c1)OCCCCCCCC.